The van der Waals surface area contributed by atoms with E-state index in [0.29, 0.717) is 42.4 Å². The number of nitrogens with zero attached hydrogens (tertiary/aromatic N) is 1. The number of carbonyl (C=O) groups excluding carboxylic acids is 2. The zero-order chi connectivity index (χ0) is 30.2. The van der Waals surface area contributed by atoms with Gasteiger partial charge in [-0.1, -0.05) is 55.0 Å². The zero-order valence-corrected chi connectivity index (χ0v) is 23.6. The predicted octanol–water partition coefficient (Wildman–Crippen LogP) is 3.62. The van der Waals surface area contributed by atoms with Crippen LogP contribution in [0.1, 0.15) is 56.1 Å². The van der Waals surface area contributed by atoms with Crippen molar-refractivity contribution in [2.45, 2.75) is 51.0 Å². The number of aromatic hydroxyl groups is 1. The highest BCUT2D eigenvalue weighted by molar-refractivity contribution is 6.05. The second-order valence-corrected chi connectivity index (χ2v) is 11.0. The molecule has 0 radical (unpaired) electrons. The number of allylic oxidation sites excluding steroid dienone is 1. The number of unbranched alkanes of at least 4 members (excludes halogenated alkanes) is 2. The highest BCUT2D eigenvalue weighted by Crippen LogP contribution is 2.46. The summed E-state index contributed by atoms with van der Waals surface area (Å²) in [6, 6.07) is 16.6. The summed E-state index contributed by atoms with van der Waals surface area (Å²) in [5.74, 6) is -3.85. The molecule has 0 bridgehead atoms. The number of phenolic OH excluding ortho intramolecular Hbond substituents is 1. The maximum absolute atomic E-state index is 13.4. The molecule has 2 aromatic rings. The van der Waals surface area contributed by atoms with E-state index in [1.165, 1.54) is 4.90 Å². The maximum Gasteiger partial charge on any atom is 0.303 e. The number of likely N-dealkylation sites (tertiary alicyclic amines) is 1. The number of fused-ring (bicyclic) bond motifs is 1. The van der Waals surface area contributed by atoms with E-state index < -0.39 is 48.9 Å². The molecule has 42 heavy (non-hydrogen) atoms. The summed E-state index contributed by atoms with van der Waals surface area (Å²) in [5.41, 5.74) is 3.31. The molecule has 9 heteroatoms. The van der Waals surface area contributed by atoms with Gasteiger partial charge in [0, 0.05) is 24.4 Å². The van der Waals surface area contributed by atoms with Crippen LogP contribution in [-0.4, -0.2) is 74.1 Å². The molecule has 2 amide bonds. The molecular formula is C33H39NO8. The molecule has 1 aliphatic heterocycles. The Hall–Kier alpha value is -3.79. The Morgan fingerprint density at radius 1 is 0.952 bits per heavy atom. The van der Waals surface area contributed by atoms with Gasteiger partial charge in [-0.25, -0.2) is 0 Å². The molecule has 5 N–H and O–H groups in total. The average molecular weight is 578 g/mol. The van der Waals surface area contributed by atoms with Crippen LogP contribution >= 0.6 is 0 Å². The summed E-state index contributed by atoms with van der Waals surface area (Å²) >= 11 is 0. The second-order valence-electron chi connectivity index (χ2n) is 11.0. The van der Waals surface area contributed by atoms with Gasteiger partial charge in [0.1, 0.15) is 5.75 Å². The maximum atomic E-state index is 13.4. The molecular weight excluding hydrogens is 538 g/mol. The summed E-state index contributed by atoms with van der Waals surface area (Å²) in [6.07, 6.45) is 3.08. The number of imide groups is 1. The number of hydrogen-bond donors (Lipinski definition) is 5. The Morgan fingerprint density at radius 3 is 2.33 bits per heavy atom. The number of carboxylic acid groups (broad SMARTS) is 1. The number of phenols is 1. The van der Waals surface area contributed by atoms with Crippen molar-refractivity contribution in [1.29, 1.82) is 0 Å². The van der Waals surface area contributed by atoms with Crippen LogP contribution in [0, 0.1) is 17.8 Å². The van der Waals surface area contributed by atoms with Gasteiger partial charge < -0.3 is 25.5 Å². The van der Waals surface area contributed by atoms with Gasteiger partial charge in [0.15, 0.2) is 0 Å². The normalized spacial score (nSPS) is 21.5. The number of amides is 2. The second kappa shape index (κ2) is 14.4. The van der Waals surface area contributed by atoms with E-state index in [9.17, 15) is 34.8 Å². The number of para-hydroxylation sites is 1. The molecule has 1 aliphatic carbocycles. The number of benzene rings is 2. The number of aliphatic hydroxyl groups excluding tert-OH is 3. The number of aliphatic hydroxyl groups is 3. The van der Waals surface area contributed by atoms with Crippen molar-refractivity contribution in [2.24, 2.45) is 17.8 Å². The first-order valence-electron chi connectivity index (χ1n) is 14.5. The first kappa shape index (κ1) is 31.2. The van der Waals surface area contributed by atoms with Crippen molar-refractivity contribution in [2.75, 3.05) is 19.8 Å². The highest BCUT2D eigenvalue weighted by Gasteiger charge is 2.54. The van der Waals surface area contributed by atoms with Crippen LogP contribution in [0.4, 0.5) is 0 Å². The third-order valence-corrected chi connectivity index (χ3v) is 8.39. The standard InChI is InChI=1S/C33H39NO8/c35-19-24-18-25-31(33(42)34(32(25)41)16-8-2-5-13-29(39)40)26(20-36)30(24)28(38)15-14-22(21-9-3-1-4-10-21)17-23-11-6-7-12-27(23)37/h1,3-4,6-7,9-12,17,25-26,28,31,35-38H,2,5,8,13-16,18-20H2,(H,39,40)/b22-17-/t25-,26+,28-,31-/m1/s1. The van der Waals surface area contributed by atoms with Crippen LogP contribution in [0.3, 0.4) is 0 Å². The first-order chi connectivity index (χ1) is 20.3. The summed E-state index contributed by atoms with van der Waals surface area (Å²) in [7, 11) is 0. The fourth-order valence-electron chi connectivity index (χ4n) is 6.31. The molecule has 9 nitrogen and oxygen atoms in total. The molecule has 0 saturated carbocycles. The lowest BCUT2D eigenvalue weighted by Crippen LogP contribution is -2.39. The summed E-state index contributed by atoms with van der Waals surface area (Å²) < 4.78 is 0. The van der Waals surface area contributed by atoms with Gasteiger partial charge in [0.05, 0.1) is 31.2 Å². The van der Waals surface area contributed by atoms with Crippen molar-refractivity contribution >= 4 is 29.4 Å². The van der Waals surface area contributed by atoms with Gasteiger partial charge in [0.2, 0.25) is 11.8 Å². The summed E-state index contributed by atoms with van der Waals surface area (Å²) in [6.45, 7) is -0.684. The fourth-order valence-corrected chi connectivity index (χ4v) is 6.31. The lowest BCUT2D eigenvalue weighted by Gasteiger charge is -2.36. The van der Waals surface area contributed by atoms with E-state index in [-0.39, 0.29) is 37.5 Å². The monoisotopic (exact) mass is 577 g/mol. The SMILES string of the molecule is O=C(O)CCCCCN1C(=O)[C@@H]2[C@@H](CC(CO)=C([C@H](O)CC/C(=C/c3ccccc3O)c3ccccc3)[C@@H]2CO)C1=O. The lowest BCUT2D eigenvalue weighted by atomic mass is 9.68. The lowest BCUT2D eigenvalue weighted by molar-refractivity contribution is -0.141. The van der Waals surface area contributed by atoms with Crippen molar-refractivity contribution in [1.82, 2.24) is 4.90 Å². The van der Waals surface area contributed by atoms with Crippen LogP contribution in [0.2, 0.25) is 0 Å². The number of hydrogen-bond acceptors (Lipinski definition) is 7. The van der Waals surface area contributed by atoms with Gasteiger partial charge >= 0.3 is 5.97 Å². The fraction of sp³-hybridized carbons (Fsp3) is 0.424. The summed E-state index contributed by atoms with van der Waals surface area (Å²) in [4.78, 5) is 38.6. The molecule has 2 aromatic carbocycles. The largest absolute Gasteiger partial charge is 0.507 e. The number of aliphatic carboxylic acids is 1. The molecule has 2 aliphatic rings. The minimum Gasteiger partial charge on any atom is -0.507 e. The Labute approximate surface area is 245 Å². The Morgan fingerprint density at radius 2 is 1.67 bits per heavy atom. The smallest absolute Gasteiger partial charge is 0.303 e. The number of carboxylic acids is 1. The van der Waals surface area contributed by atoms with Crippen LogP contribution in [0.25, 0.3) is 11.6 Å². The molecule has 1 fully saturated rings. The van der Waals surface area contributed by atoms with Crippen LogP contribution in [-0.2, 0) is 14.4 Å². The first-order valence-corrected chi connectivity index (χ1v) is 14.5. The Kier molecular flexibility index (Phi) is 10.7. The van der Waals surface area contributed by atoms with E-state index in [2.05, 4.69) is 0 Å². The molecule has 4 rings (SSSR count). The van der Waals surface area contributed by atoms with Gasteiger partial charge in [-0.15, -0.1) is 0 Å². The minimum atomic E-state index is -1.07. The number of carbonyl (C=O) groups is 3. The van der Waals surface area contributed by atoms with Gasteiger partial charge in [0.25, 0.3) is 0 Å². The zero-order valence-electron chi connectivity index (χ0n) is 23.6. The average Bonchev–Trinajstić information content (AvgIpc) is 3.23. The van der Waals surface area contributed by atoms with E-state index in [1.54, 1.807) is 18.2 Å². The number of rotatable bonds is 14. The predicted molar refractivity (Wildman–Crippen MR) is 157 cm³/mol. The Bertz CT molecular complexity index is 1330. The van der Waals surface area contributed by atoms with Crippen molar-refractivity contribution in [3.63, 3.8) is 0 Å². The minimum absolute atomic E-state index is 0.0262. The highest BCUT2D eigenvalue weighted by atomic mass is 16.4. The van der Waals surface area contributed by atoms with E-state index in [4.69, 9.17) is 5.11 Å². The third-order valence-electron chi connectivity index (χ3n) is 8.39. The van der Waals surface area contributed by atoms with Crippen molar-refractivity contribution in [3.05, 3.63) is 76.9 Å². The van der Waals surface area contributed by atoms with E-state index in [1.807, 2.05) is 42.5 Å². The topological polar surface area (TPSA) is 156 Å². The van der Waals surface area contributed by atoms with Crippen molar-refractivity contribution in [3.8, 4) is 5.75 Å². The molecule has 1 saturated heterocycles. The van der Waals surface area contributed by atoms with Crippen LogP contribution in [0.15, 0.2) is 65.7 Å². The Balaban J connectivity index is 1.53. The van der Waals surface area contributed by atoms with Crippen LogP contribution in [0.5, 0.6) is 5.75 Å². The molecule has 4 atom stereocenters. The van der Waals surface area contributed by atoms with Gasteiger partial charge in [-0.3, -0.25) is 19.3 Å². The summed E-state index contributed by atoms with van der Waals surface area (Å²) in [5, 5.41) is 51.3. The van der Waals surface area contributed by atoms with Gasteiger partial charge in [-0.2, -0.15) is 0 Å². The molecule has 0 spiro atoms. The third kappa shape index (κ3) is 6.98. The molecule has 0 unspecified atom stereocenters. The van der Waals surface area contributed by atoms with E-state index in [0.717, 1.165) is 11.1 Å². The van der Waals surface area contributed by atoms with E-state index >= 15 is 0 Å². The molecule has 1 heterocycles. The van der Waals surface area contributed by atoms with Gasteiger partial charge in [-0.05, 0) is 66.5 Å². The van der Waals surface area contributed by atoms with Crippen molar-refractivity contribution < 1.29 is 39.9 Å². The molecule has 224 valence electrons. The molecule has 0 aromatic heterocycles. The quantitative estimate of drug-likeness (QED) is 0.0987. The van der Waals surface area contributed by atoms with Crippen LogP contribution < -0.4 is 0 Å².